The van der Waals surface area contributed by atoms with Crippen LogP contribution in [-0.4, -0.2) is 72.7 Å². The van der Waals surface area contributed by atoms with Gasteiger partial charge in [-0.1, -0.05) is 55.5 Å². The maximum atomic E-state index is 13.7. The molecule has 0 bridgehead atoms. The molecule has 0 radical (unpaired) electrons. The first-order valence-electron chi connectivity index (χ1n) is 15.3. The van der Waals surface area contributed by atoms with Crippen molar-refractivity contribution in [3.8, 4) is 5.75 Å². The zero-order valence-corrected chi connectivity index (χ0v) is 24.3. The molecule has 0 aliphatic carbocycles. The molecule has 0 spiro atoms. The molecule has 0 N–H and O–H groups in total. The van der Waals surface area contributed by atoms with Crippen molar-refractivity contribution in [3.63, 3.8) is 0 Å². The number of rotatable bonds is 9. The lowest BCUT2D eigenvalue weighted by Crippen LogP contribution is -2.48. The van der Waals surface area contributed by atoms with Gasteiger partial charge in [-0.3, -0.25) is 4.79 Å². The fourth-order valence-electron chi connectivity index (χ4n) is 6.39. The third-order valence-corrected chi connectivity index (χ3v) is 8.61. The number of hydrogen-bond donors (Lipinski definition) is 0. The molecule has 1 unspecified atom stereocenters. The van der Waals surface area contributed by atoms with E-state index >= 15 is 0 Å². The minimum Gasteiger partial charge on any atom is -0.494 e. The lowest BCUT2D eigenvalue weighted by atomic mass is 10.0. The minimum absolute atomic E-state index is 0.121. The molecular formula is C35H42N4O2. The number of nitrogens with zero attached hydrogens (tertiary/aromatic N) is 4. The lowest BCUT2D eigenvalue weighted by molar-refractivity contribution is 0.0748. The molecular weight excluding hydrogens is 508 g/mol. The first-order valence-corrected chi connectivity index (χ1v) is 15.3. The van der Waals surface area contributed by atoms with Crippen molar-refractivity contribution in [3.05, 3.63) is 96.2 Å². The average Bonchev–Trinajstić information content (AvgIpc) is 3.38. The summed E-state index contributed by atoms with van der Waals surface area (Å²) in [6, 6.07) is 27.1. The van der Waals surface area contributed by atoms with E-state index in [1.54, 1.807) is 0 Å². The van der Waals surface area contributed by atoms with E-state index in [0.29, 0.717) is 13.1 Å². The molecule has 41 heavy (non-hydrogen) atoms. The molecule has 2 fully saturated rings. The van der Waals surface area contributed by atoms with E-state index in [-0.39, 0.29) is 5.91 Å². The van der Waals surface area contributed by atoms with Gasteiger partial charge in [0.15, 0.2) is 0 Å². The van der Waals surface area contributed by atoms with Gasteiger partial charge in [-0.05, 0) is 67.6 Å². The Morgan fingerprint density at radius 2 is 1.63 bits per heavy atom. The van der Waals surface area contributed by atoms with Crippen LogP contribution in [0.5, 0.6) is 5.75 Å². The predicted octanol–water partition coefficient (Wildman–Crippen LogP) is 6.15. The third-order valence-electron chi connectivity index (χ3n) is 8.61. The largest absolute Gasteiger partial charge is 0.494 e. The number of para-hydroxylation sites is 1. The quantitative estimate of drug-likeness (QED) is 0.234. The Kier molecular flexibility index (Phi) is 8.57. The number of piperidine rings is 1. The van der Waals surface area contributed by atoms with Crippen LogP contribution in [0.2, 0.25) is 0 Å². The minimum atomic E-state index is 0.121. The molecule has 6 rings (SSSR count). The molecule has 0 saturated carbocycles. The SMILES string of the molecule is CC1CCCN(CCCOc2ccc(N3CCN(C(=O)c4cn(Cc5ccccc5)c5ccccc45)CC3)cc2)C1. The fourth-order valence-corrected chi connectivity index (χ4v) is 6.39. The molecule has 6 nitrogen and oxygen atoms in total. The second-order valence-electron chi connectivity index (χ2n) is 11.7. The van der Waals surface area contributed by atoms with Gasteiger partial charge in [-0.25, -0.2) is 0 Å². The summed E-state index contributed by atoms with van der Waals surface area (Å²) in [5.74, 6) is 1.88. The molecule has 2 aliphatic heterocycles. The van der Waals surface area contributed by atoms with Crippen molar-refractivity contribution >= 4 is 22.5 Å². The smallest absolute Gasteiger partial charge is 0.256 e. The Labute approximate surface area is 244 Å². The van der Waals surface area contributed by atoms with Crippen LogP contribution < -0.4 is 9.64 Å². The summed E-state index contributed by atoms with van der Waals surface area (Å²) in [5.41, 5.74) is 4.30. The first-order chi connectivity index (χ1) is 20.1. The van der Waals surface area contributed by atoms with Gasteiger partial charge in [-0.15, -0.1) is 0 Å². The molecule has 1 aromatic heterocycles. The van der Waals surface area contributed by atoms with E-state index in [4.69, 9.17) is 4.74 Å². The summed E-state index contributed by atoms with van der Waals surface area (Å²) < 4.78 is 8.24. The van der Waals surface area contributed by atoms with Crippen LogP contribution in [0.15, 0.2) is 85.1 Å². The number of carbonyl (C=O) groups excluding carboxylic acids is 1. The number of likely N-dealkylation sites (tertiary alicyclic amines) is 1. The van der Waals surface area contributed by atoms with Gasteiger partial charge in [-0.2, -0.15) is 0 Å². The third kappa shape index (κ3) is 6.59. The van der Waals surface area contributed by atoms with Crippen molar-refractivity contribution in [1.82, 2.24) is 14.4 Å². The highest BCUT2D eigenvalue weighted by atomic mass is 16.5. The summed E-state index contributed by atoms with van der Waals surface area (Å²) in [4.78, 5) is 20.6. The molecule has 2 aliphatic rings. The number of aromatic nitrogens is 1. The highest BCUT2D eigenvalue weighted by Gasteiger charge is 2.25. The monoisotopic (exact) mass is 550 g/mol. The van der Waals surface area contributed by atoms with Crippen molar-refractivity contribution in [2.75, 3.05) is 57.3 Å². The molecule has 3 heterocycles. The number of fused-ring (bicyclic) bond motifs is 1. The second kappa shape index (κ2) is 12.8. The second-order valence-corrected chi connectivity index (χ2v) is 11.7. The number of anilines is 1. The Balaban J connectivity index is 1.02. The maximum Gasteiger partial charge on any atom is 0.256 e. The highest BCUT2D eigenvalue weighted by molar-refractivity contribution is 6.07. The van der Waals surface area contributed by atoms with Gasteiger partial charge in [0, 0.05) is 68.6 Å². The number of ether oxygens (including phenoxy) is 1. The summed E-state index contributed by atoms with van der Waals surface area (Å²) in [7, 11) is 0. The summed E-state index contributed by atoms with van der Waals surface area (Å²) >= 11 is 0. The number of carbonyl (C=O) groups is 1. The van der Waals surface area contributed by atoms with Crippen LogP contribution in [0.3, 0.4) is 0 Å². The van der Waals surface area contributed by atoms with Crippen molar-refractivity contribution in [1.29, 1.82) is 0 Å². The van der Waals surface area contributed by atoms with Crippen molar-refractivity contribution < 1.29 is 9.53 Å². The Morgan fingerprint density at radius 3 is 2.41 bits per heavy atom. The van der Waals surface area contributed by atoms with Crippen LogP contribution in [0, 0.1) is 5.92 Å². The summed E-state index contributed by atoms with van der Waals surface area (Å²) in [5, 5.41) is 1.02. The van der Waals surface area contributed by atoms with Crippen LogP contribution in [0.25, 0.3) is 10.9 Å². The Bertz CT molecular complexity index is 1420. The van der Waals surface area contributed by atoms with Gasteiger partial charge >= 0.3 is 0 Å². The van der Waals surface area contributed by atoms with Gasteiger partial charge in [0.25, 0.3) is 5.91 Å². The zero-order valence-electron chi connectivity index (χ0n) is 24.3. The van der Waals surface area contributed by atoms with E-state index in [1.165, 1.54) is 37.2 Å². The van der Waals surface area contributed by atoms with Gasteiger partial charge < -0.3 is 24.0 Å². The molecule has 4 aromatic rings. The molecule has 6 heteroatoms. The van der Waals surface area contributed by atoms with Crippen LogP contribution in [0.4, 0.5) is 5.69 Å². The topological polar surface area (TPSA) is 41.0 Å². The Hall–Kier alpha value is -3.77. The molecule has 214 valence electrons. The van der Waals surface area contributed by atoms with Gasteiger partial charge in [0.1, 0.15) is 5.75 Å². The summed E-state index contributed by atoms with van der Waals surface area (Å²) in [6.45, 7) is 10.5. The fraction of sp³-hybridized carbons (Fsp3) is 0.400. The van der Waals surface area contributed by atoms with Crippen LogP contribution in [0.1, 0.15) is 42.1 Å². The summed E-state index contributed by atoms with van der Waals surface area (Å²) in [6.07, 6.45) is 5.80. The van der Waals surface area contributed by atoms with Gasteiger partial charge in [0.05, 0.1) is 12.2 Å². The maximum absolute atomic E-state index is 13.7. The predicted molar refractivity (Wildman–Crippen MR) is 167 cm³/mol. The molecule has 2 saturated heterocycles. The zero-order chi connectivity index (χ0) is 28.0. The lowest BCUT2D eigenvalue weighted by Gasteiger charge is -2.36. The van der Waals surface area contributed by atoms with E-state index < -0.39 is 0 Å². The van der Waals surface area contributed by atoms with Crippen molar-refractivity contribution in [2.45, 2.75) is 32.7 Å². The van der Waals surface area contributed by atoms with Crippen molar-refractivity contribution in [2.24, 2.45) is 5.92 Å². The van der Waals surface area contributed by atoms with Gasteiger partial charge in [0.2, 0.25) is 0 Å². The molecule has 1 atom stereocenters. The number of piperazine rings is 1. The average molecular weight is 551 g/mol. The van der Waals surface area contributed by atoms with Crippen LogP contribution in [-0.2, 0) is 6.54 Å². The van der Waals surface area contributed by atoms with E-state index in [0.717, 1.165) is 67.3 Å². The normalized spacial score (nSPS) is 18.1. The number of benzene rings is 3. The first kappa shape index (κ1) is 27.4. The Morgan fingerprint density at radius 1 is 0.878 bits per heavy atom. The van der Waals surface area contributed by atoms with E-state index in [9.17, 15) is 4.79 Å². The molecule has 1 amide bonds. The highest BCUT2D eigenvalue weighted by Crippen LogP contribution is 2.26. The molecule has 3 aromatic carbocycles. The number of amides is 1. The van der Waals surface area contributed by atoms with Crippen LogP contribution >= 0.6 is 0 Å². The number of hydrogen-bond acceptors (Lipinski definition) is 4. The standard InChI is InChI=1S/C35H42N4O2/c1-28-9-7-18-36(25-28)19-8-24-41-31-16-14-30(15-17-31)37-20-22-38(23-21-37)35(40)33-27-39(26-29-10-3-2-4-11-29)34-13-6-5-12-32(33)34/h2-6,10-17,27-28H,7-9,18-26H2,1H3. The van der Waals surface area contributed by atoms with E-state index in [2.05, 4.69) is 82.0 Å². The van der Waals surface area contributed by atoms with E-state index in [1.807, 2.05) is 29.3 Å².